The molecule has 1 fully saturated rings. The van der Waals surface area contributed by atoms with Gasteiger partial charge in [0.1, 0.15) is 0 Å². The molecule has 5 heteroatoms. The maximum Gasteiger partial charge on any atom is 0.254 e. The van der Waals surface area contributed by atoms with Gasteiger partial charge in [0.25, 0.3) is 5.91 Å². The van der Waals surface area contributed by atoms with Crippen molar-refractivity contribution in [2.45, 2.75) is 18.9 Å². The van der Waals surface area contributed by atoms with Crippen LogP contribution in [0.2, 0.25) is 0 Å². The lowest BCUT2D eigenvalue weighted by atomic mass is 10.0. The Kier molecular flexibility index (Phi) is 3.28. The van der Waals surface area contributed by atoms with Crippen molar-refractivity contribution in [3.8, 4) is 0 Å². The van der Waals surface area contributed by atoms with E-state index in [9.17, 15) is 14.7 Å². The highest BCUT2D eigenvalue weighted by molar-refractivity contribution is 6.05. The summed E-state index contributed by atoms with van der Waals surface area (Å²) < 4.78 is 0. The van der Waals surface area contributed by atoms with Crippen LogP contribution in [0.15, 0.2) is 35.1 Å². The smallest absolute Gasteiger partial charge is 0.254 e. The number of piperidine rings is 1. The van der Waals surface area contributed by atoms with Crippen LogP contribution in [-0.4, -0.2) is 40.1 Å². The second kappa shape index (κ2) is 5.09. The van der Waals surface area contributed by atoms with Crippen LogP contribution < -0.4 is 5.56 Å². The largest absolute Gasteiger partial charge is 0.391 e. The predicted molar refractivity (Wildman–Crippen MR) is 75.7 cm³/mol. The predicted octanol–water partition coefficient (Wildman–Crippen LogP) is 1.12. The number of likely N-dealkylation sites (tertiary alicyclic amines) is 1. The number of para-hydroxylation sites is 1. The first kappa shape index (κ1) is 12.9. The number of hydrogen-bond donors (Lipinski definition) is 2. The molecule has 1 aliphatic rings. The third-order valence-corrected chi connectivity index (χ3v) is 3.66. The summed E-state index contributed by atoms with van der Waals surface area (Å²) in [6.07, 6.45) is 1.04. The molecule has 3 rings (SSSR count). The van der Waals surface area contributed by atoms with Crippen LogP contribution in [0.25, 0.3) is 10.9 Å². The van der Waals surface area contributed by atoms with Crippen molar-refractivity contribution in [2.24, 2.45) is 0 Å². The van der Waals surface area contributed by atoms with Gasteiger partial charge in [0.05, 0.1) is 11.7 Å². The Morgan fingerprint density at radius 3 is 2.95 bits per heavy atom. The van der Waals surface area contributed by atoms with Crippen LogP contribution >= 0.6 is 0 Å². The van der Waals surface area contributed by atoms with Crippen LogP contribution in [0, 0.1) is 0 Å². The molecule has 0 aliphatic carbocycles. The summed E-state index contributed by atoms with van der Waals surface area (Å²) in [7, 11) is 0. The molecule has 0 radical (unpaired) electrons. The van der Waals surface area contributed by atoms with Crippen LogP contribution in [0.4, 0.5) is 0 Å². The number of benzene rings is 1. The number of aromatic amines is 1. The van der Waals surface area contributed by atoms with E-state index in [2.05, 4.69) is 4.98 Å². The molecule has 1 aliphatic heterocycles. The lowest BCUT2D eigenvalue weighted by Gasteiger charge is -2.30. The van der Waals surface area contributed by atoms with Gasteiger partial charge in [-0.2, -0.15) is 0 Å². The second-order valence-electron chi connectivity index (χ2n) is 5.14. The van der Waals surface area contributed by atoms with E-state index >= 15 is 0 Å². The molecular weight excluding hydrogens is 256 g/mol. The number of β-amino-alcohol motifs (C(OH)–C–C–N with tert-alkyl or cyclic N) is 1. The zero-order chi connectivity index (χ0) is 14.1. The number of rotatable bonds is 1. The fourth-order valence-electron chi connectivity index (χ4n) is 2.69. The van der Waals surface area contributed by atoms with Crippen LogP contribution in [0.1, 0.15) is 23.2 Å². The zero-order valence-electron chi connectivity index (χ0n) is 11.0. The minimum absolute atomic E-state index is 0.189. The van der Waals surface area contributed by atoms with E-state index in [0.29, 0.717) is 24.2 Å². The van der Waals surface area contributed by atoms with Gasteiger partial charge in [0, 0.05) is 30.1 Å². The van der Waals surface area contributed by atoms with E-state index in [1.807, 2.05) is 18.2 Å². The lowest BCUT2D eigenvalue weighted by molar-refractivity contribution is 0.0475. The fraction of sp³-hybridized carbons (Fsp3) is 0.333. The molecule has 2 N–H and O–H groups in total. The molecule has 0 spiro atoms. The van der Waals surface area contributed by atoms with E-state index in [-0.39, 0.29) is 11.5 Å². The normalized spacial score (nSPS) is 19.2. The number of pyridine rings is 1. The number of carbonyl (C=O) groups excluding carboxylic acids is 1. The van der Waals surface area contributed by atoms with Crippen molar-refractivity contribution in [1.29, 1.82) is 0 Å². The number of amides is 1. The van der Waals surface area contributed by atoms with E-state index in [1.54, 1.807) is 11.0 Å². The minimum Gasteiger partial charge on any atom is -0.391 e. The lowest BCUT2D eigenvalue weighted by Crippen LogP contribution is -2.42. The van der Waals surface area contributed by atoms with Gasteiger partial charge in [0.15, 0.2) is 0 Å². The van der Waals surface area contributed by atoms with E-state index in [1.165, 1.54) is 6.07 Å². The zero-order valence-corrected chi connectivity index (χ0v) is 11.0. The van der Waals surface area contributed by atoms with Gasteiger partial charge >= 0.3 is 0 Å². The Morgan fingerprint density at radius 1 is 1.35 bits per heavy atom. The number of hydrogen-bond acceptors (Lipinski definition) is 3. The third kappa shape index (κ3) is 2.32. The highest BCUT2D eigenvalue weighted by Crippen LogP contribution is 2.19. The van der Waals surface area contributed by atoms with Crippen molar-refractivity contribution in [3.05, 3.63) is 46.2 Å². The van der Waals surface area contributed by atoms with Gasteiger partial charge in [-0.25, -0.2) is 0 Å². The first-order valence-corrected chi connectivity index (χ1v) is 6.74. The Labute approximate surface area is 115 Å². The summed E-state index contributed by atoms with van der Waals surface area (Å²) in [5, 5.41) is 10.4. The number of aromatic nitrogens is 1. The number of fused-ring (bicyclic) bond motifs is 1. The van der Waals surface area contributed by atoms with Crippen molar-refractivity contribution in [2.75, 3.05) is 13.1 Å². The summed E-state index contributed by atoms with van der Waals surface area (Å²) in [5.41, 5.74) is 0.768. The molecule has 104 valence electrons. The van der Waals surface area contributed by atoms with E-state index in [4.69, 9.17) is 0 Å². The van der Waals surface area contributed by atoms with Crippen molar-refractivity contribution in [3.63, 3.8) is 0 Å². The quantitative estimate of drug-likeness (QED) is 0.817. The molecule has 0 saturated carbocycles. The highest BCUT2D eigenvalue weighted by Gasteiger charge is 2.24. The first-order chi connectivity index (χ1) is 9.65. The van der Waals surface area contributed by atoms with E-state index < -0.39 is 6.10 Å². The van der Waals surface area contributed by atoms with Crippen LogP contribution in [0.5, 0.6) is 0 Å². The van der Waals surface area contributed by atoms with Gasteiger partial charge in [-0.1, -0.05) is 18.2 Å². The number of aliphatic hydroxyl groups is 1. The van der Waals surface area contributed by atoms with Crippen LogP contribution in [-0.2, 0) is 0 Å². The average molecular weight is 272 g/mol. The summed E-state index contributed by atoms with van der Waals surface area (Å²) in [5.74, 6) is -0.189. The fourth-order valence-corrected chi connectivity index (χ4v) is 2.69. The van der Waals surface area contributed by atoms with Gasteiger partial charge in [-0.15, -0.1) is 0 Å². The summed E-state index contributed by atoms with van der Waals surface area (Å²) in [4.78, 5) is 28.6. The first-order valence-electron chi connectivity index (χ1n) is 6.74. The maximum absolute atomic E-state index is 12.6. The molecule has 20 heavy (non-hydrogen) atoms. The molecule has 1 unspecified atom stereocenters. The minimum atomic E-state index is -0.471. The summed E-state index contributed by atoms with van der Waals surface area (Å²) in [6.45, 7) is 0.955. The number of nitrogens with one attached hydrogen (secondary N) is 1. The highest BCUT2D eigenvalue weighted by atomic mass is 16.3. The standard InChI is InChI=1S/C15H16N2O3/c18-10-4-3-7-17(9-10)15(20)12-8-14(19)16-13-6-2-1-5-11(12)13/h1-2,5-6,8,10,18H,3-4,7,9H2,(H,16,19). The molecule has 1 aromatic heterocycles. The molecule has 0 bridgehead atoms. The SMILES string of the molecule is O=C(c1cc(=O)[nH]c2ccccc12)N1CCCC(O)C1. The van der Waals surface area contributed by atoms with Crippen molar-refractivity contribution in [1.82, 2.24) is 9.88 Å². The molecule has 2 aromatic rings. The van der Waals surface area contributed by atoms with Gasteiger partial charge < -0.3 is 15.0 Å². The van der Waals surface area contributed by atoms with Gasteiger partial charge in [-0.3, -0.25) is 9.59 Å². The molecule has 2 heterocycles. The number of nitrogens with zero attached hydrogens (tertiary/aromatic N) is 1. The Balaban J connectivity index is 2.05. The molecule has 5 nitrogen and oxygen atoms in total. The van der Waals surface area contributed by atoms with Gasteiger partial charge in [-0.05, 0) is 18.9 Å². The van der Waals surface area contributed by atoms with Crippen molar-refractivity contribution < 1.29 is 9.90 Å². The number of H-pyrrole nitrogens is 1. The second-order valence-corrected chi connectivity index (χ2v) is 5.14. The summed E-state index contributed by atoms with van der Waals surface area (Å²) >= 11 is 0. The molecule has 1 amide bonds. The molecule has 1 saturated heterocycles. The molecule has 1 atom stereocenters. The molecular formula is C15H16N2O3. The number of carbonyl (C=O) groups is 1. The average Bonchev–Trinajstić information content (AvgIpc) is 2.45. The Hall–Kier alpha value is -2.14. The Bertz CT molecular complexity index is 708. The van der Waals surface area contributed by atoms with Gasteiger partial charge in [0.2, 0.25) is 5.56 Å². The monoisotopic (exact) mass is 272 g/mol. The topological polar surface area (TPSA) is 73.4 Å². The summed E-state index contributed by atoms with van der Waals surface area (Å²) in [6, 6.07) is 8.59. The van der Waals surface area contributed by atoms with Crippen LogP contribution in [0.3, 0.4) is 0 Å². The van der Waals surface area contributed by atoms with Crippen molar-refractivity contribution >= 4 is 16.8 Å². The maximum atomic E-state index is 12.6. The third-order valence-electron chi connectivity index (χ3n) is 3.66. The number of aliphatic hydroxyl groups excluding tert-OH is 1. The Morgan fingerprint density at radius 2 is 2.15 bits per heavy atom. The molecule has 1 aromatic carbocycles. The van der Waals surface area contributed by atoms with E-state index in [0.717, 1.165) is 18.2 Å².